The second-order valence-corrected chi connectivity index (χ2v) is 6.23. The summed E-state index contributed by atoms with van der Waals surface area (Å²) >= 11 is 9.54. The second-order valence-electron chi connectivity index (χ2n) is 4.90. The number of benzene rings is 1. The van der Waals surface area contributed by atoms with Crippen LogP contribution in [0.2, 0.25) is 5.02 Å². The monoisotopic (exact) mass is 349 g/mol. The van der Waals surface area contributed by atoms with Gasteiger partial charge in [-0.05, 0) is 37.6 Å². The molecule has 1 unspecified atom stereocenters. The average molecular weight is 351 g/mol. The number of nitrogens with one attached hydrogen (secondary N) is 1. The molecule has 0 aromatic heterocycles. The quantitative estimate of drug-likeness (QED) is 0.708. The molecule has 0 amide bonds. The zero-order valence-corrected chi connectivity index (χ0v) is 13.7. The van der Waals surface area contributed by atoms with Crippen LogP contribution in [0, 0.1) is 0 Å². The fourth-order valence-electron chi connectivity index (χ4n) is 1.82. The van der Waals surface area contributed by atoms with Crippen molar-refractivity contribution in [3.05, 3.63) is 33.3 Å². The molecule has 108 valence electrons. The average Bonchev–Trinajstić information content (AvgIpc) is 2.32. The minimum atomic E-state index is -0.766. The van der Waals surface area contributed by atoms with Gasteiger partial charge in [-0.3, -0.25) is 0 Å². The first-order chi connectivity index (χ1) is 8.94. The fraction of sp³-hybridized carbons (Fsp3) is 0.571. The number of rotatable bonds is 8. The Kier molecular flexibility index (Phi) is 7.32. The Bertz CT molecular complexity index is 399. The normalized spacial score (nSPS) is 14.4. The zero-order chi connectivity index (χ0) is 14.3. The third-order valence-electron chi connectivity index (χ3n) is 2.91. The summed E-state index contributed by atoms with van der Waals surface area (Å²) in [4.78, 5) is 0. The highest BCUT2D eigenvalue weighted by Gasteiger charge is 2.21. The fourth-order valence-corrected chi connectivity index (χ4v) is 2.56. The Hall–Kier alpha value is -0.130. The molecule has 1 aromatic rings. The molecule has 3 nitrogen and oxygen atoms in total. The van der Waals surface area contributed by atoms with Crippen LogP contribution in [0.15, 0.2) is 22.7 Å². The molecule has 0 radical (unpaired) electrons. The van der Waals surface area contributed by atoms with Crippen molar-refractivity contribution in [2.75, 3.05) is 26.8 Å². The maximum absolute atomic E-state index is 10.4. The van der Waals surface area contributed by atoms with Crippen LogP contribution in [-0.2, 0) is 11.2 Å². The van der Waals surface area contributed by atoms with Gasteiger partial charge in [0.05, 0.1) is 12.2 Å². The van der Waals surface area contributed by atoms with E-state index in [0.29, 0.717) is 24.5 Å². The highest BCUT2D eigenvalue weighted by molar-refractivity contribution is 9.10. The van der Waals surface area contributed by atoms with Gasteiger partial charge in [0.15, 0.2) is 0 Å². The van der Waals surface area contributed by atoms with Gasteiger partial charge in [-0.1, -0.05) is 33.6 Å². The lowest BCUT2D eigenvalue weighted by Crippen LogP contribution is -2.33. The lowest BCUT2D eigenvalue weighted by molar-refractivity contribution is 0.0510. The summed E-state index contributed by atoms with van der Waals surface area (Å²) in [7, 11) is 1.67. The standard InChI is InChI=1S/C14H21BrClNO2/c1-14(18,5-6-17-7-8-19-2)10-11-3-4-12(15)9-13(11)16/h3-4,9,17-18H,5-8,10H2,1-2H3. The first kappa shape index (κ1) is 16.9. The largest absolute Gasteiger partial charge is 0.390 e. The van der Waals surface area contributed by atoms with Crippen molar-refractivity contribution in [3.63, 3.8) is 0 Å². The van der Waals surface area contributed by atoms with E-state index in [9.17, 15) is 5.11 Å². The Morgan fingerprint density at radius 2 is 2.16 bits per heavy atom. The summed E-state index contributed by atoms with van der Waals surface area (Å²) < 4.78 is 5.90. The first-order valence-corrected chi connectivity index (χ1v) is 7.48. The summed E-state index contributed by atoms with van der Waals surface area (Å²) in [6.45, 7) is 4.07. The van der Waals surface area contributed by atoms with Crippen LogP contribution in [-0.4, -0.2) is 37.5 Å². The van der Waals surface area contributed by atoms with E-state index in [-0.39, 0.29) is 0 Å². The SMILES string of the molecule is COCCNCCC(C)(O)Cc1ccc(Br)cc1Cl. The van der Waals surface area contributed by atoms with Gasteiger partial charge in [-0.25, -0.2) is 0 Å². The van der Waals surface area contributed by atoms with Crippen molar-refractivity contribution in [1.82, 2.24) is 5.32 Å². The molecule has 5 heteroatoms. The van der Waals surface area contributed by atoms with Crippen LogP contribution < -0.4 is 5.32 Å². The van der Waals surface area contributed by atoms with Crippen molar-refractivity contribution in [3.8, 4) is 0 Å². The van der Waals surface area contributed by atoms with Crippen LogP contribution in [0.4, 0.5) is 0 Å². The summed E-state index contributed by atoms with van der Waals surface area (Å²) in [6.07, 6.45) is 1.22. The zero-order valence-electron chi connectivity index (χ0n) is 11.4. The molecular weight excluding hydrogens is 330 g/mol. The molecule has 0 saturated heterocycles. The number of aliphatic hydroxyl groups is 1. The Balaban J connectivity index is 2.44. The van der Waals surface area contributed by atoms with E-state index in [1.165, 1.54) is 0 Å². The van der Waals surface area contributed by atoms with Crippen LogP contribution in [0.5, 0.6) is 0 Å². The highest BCUT2D eigenvalue weighted by Crippen LogP contribution is 2.26. The van der Waals surface area contributed by atoms with Gasteiger partial charge in [0.25, 0.3) is 0 Å². The molecule has 0 aliphatic heterocycles. The van der Waals surface area contributed by atoms with Crippen molar-refractivity contribution in [1.29, 1.82) is 0 Å². The van der Waals surface area contributed by atoms with Gasteiger partial charge < -0.3 is 15.2 Å². The first-order valence-electron chi connectivity index (χ1n) is 6.30. The van der Waals surface area contributed by atoms with E-state index < -0.39 is 5.60 Å². The van der Waals surface area contributed by atoms with E-state index in [1.807, 2.05) is 25.1 Å². The third kappa shape index (κ3) is 6.72. The predicted octanol–water partition coefficient (Wildman–Crippen LogP) is 3.02. The van der Waals surface area contributed by atoms with Gasteiger partial charge in [-0.15, -0.1) is 0 Å². The summed E-state index contributed by atoms with van der Waals surface area (Å²) in [5, 5.41) is 14.3. The number of methoxy groups -OCH3 is 1. The molecule has 0 saturated carbocycles. The van der Waals surface area contributed by atoms with Crippen LogP contribution in [0.3, 0.4) is 0 Å². The minimum absolute atomic E-state index is 0.547. The van der Waals surface area contributed by atoms with Gasteiger partial charge >= 0.3 is 0 Å². The Morgan fingerprint density at radius 3 is 2.79 bits per heavy atom. The molecule has 0 spiro atoms. The van der Waals surface area contributed by atoms with Gasteiger partial charge in [0.2, 0.25) is 0 Å². The van der Waals surface area contributed by atoms with E-state index >= 15 is 0 Å². The van der Waals surface area contributed by atoms with Crippen molar-refractivity contribution in [2.45, 2.75) is 25.4 Å². The van der Waals surface area contributed by atoms with E-state index in [1.54, 1.807) is 7.11 Å². The van der Waals surface area contributed by atoms with Crippen molar-refractivity contribution in [2.24, 2.45) is 0 Å². The van der Waals surface area contributed by atoms with Crippen molar-refractivity contribution >= 4 is 27.5 Å². The number of hydrogen-bond donors (Lipinski definition) is 2. The molecule has 1 atom stereocenters. The molecule has 0 aliphatic rings. The van der Waals surface area contributed by atoms with Gasteiger partial charge in [0.1, 0.15) is 0 Å². The third-order valence-corrected chi connectivity index (χ3v) is 3.75. The lowest BCUT2D eigenvalue weighted by Gasteiger charge is -2.24. The molecule has 0 aliphatic carbocycles. The van der Waals surface area contributed by atoms with E-state index in [0.717, 1.165) is 23.1 Å². The Morgan fingerprint density at radius 1 is 1.42 bits per heavy atom. The number of ether oxygens (including phenoxy) is 1. The van der Waals surface area contributed by atoms with E-state index in [4.69, 9.17) is 16.3 Å². The molecule has 2 N–H and O–H groups in total. The summed E-state index contributed by atoms with van der Waals surface area (Å²) in [5.41, 5.74) is 0.198. The minimum Gasteiger partial charge on any atom is -0.390 e. The molecule has 0 heterocycles. The Labute approximate surface area is 128 Å². The molecule has 19 heavy (non-hydrogen) atoms. The maximum atomic E-state index is 10.4. The van der Waals surface area contributed by atoms with Crippen LogP contribution >= 0.6 is 27.5 Å². The number of hydrogen-bond acceptors (Lipinski definition) is 3. The second kappa shape index (κ2) is 8.22. The van der Waals surface area contributed by atoms with Gasteiger partial charge in [-0.2, -0.15) is 0 Å². The van der Waals surface area contributed by atoms with Crippen molar-refractivity contribution < 1.29 is 9.84 Å². The maximum Gasteiger partial charge on any atom is 0.0672 e. The lowest BCUT2D eigenvalue weighted by atomic mass is 9.93. The van der Waals surface area contributed by atoms with Crippen LogP contribution in [0.1, 0.15) is 18.9 Å². The molecular formula is C14H21BrClNO2. The van der Waals surface area contributed by atoms with E-state index in [2.05, 4.69) is 21.2 Å². The molecule has 1 aromatic carbocycles. The highest BCUT2D eigenvalue weighted by atomic mass is 79.9. The van der Waals surface area contributed by atoms with Gasteiger partial charge in [0, 0.05) is 29.6 Å². The predicted molar refractivity (Wildman–Crippen MR) is 82.8 cm³/mol. The smallest absolute Gasteiger partial charge is 0.0672 e. The topological polar surface area (TPSA) is 41.5 Å². The molecule has 0 bridgehead atoms. The molecule has 0 fully saturated rings. The number of halogens is 2. The summed E-state index contributed by atoms with van der Waals surface area (Å²) in [6, 6.07) is 5.73. The van der Waals surface area contributed by atoms with Crippen LogP contribution in [0.25, 0.3) is 0 Å². The molecule has 1 rings (SSSR count). The summed E-state index contributed by atoms with van der Waals surface area (Å²) in [5.74, 6) is 0.